The van der Waals surface area contributed by atoms with Crippen LogP contribution in [0.25, 0.3) is 22.1 Å². The normalized spacial score (nSPS) is 15.2. The summed E-state index contributed by atoms with van der Waals surface area (Å²) in [4.78, 5) is 21.8. The molecule has 0 unspecified atom stereocenters. The highest BCUT2D eigenvalue weighted by molar-refractivity contribution is 7.18. The van der Waals surface area contributed by atoms with E-state index in [1.165, 1.54) is 4.70 Å². The van der Waals surface area contributed by atoms with Crippen LogP contribution in [-0.2, 0) is 11.3 Å². The van der Waals surface area contributed by atoms with Crippen LogP contribution in [0.1, 0.15) is 27.7 Å². The molecule has 0 bridgehead atoms. The fourth-order valence-electron chi connectivity index (χ4n) is 4.34. The van der Waals surface area contributed by atoms with E-state index in [-0.39, 0.29) is 5.91 Å². The summed E-state index contributed by atoms with van der Waals surface area (Å²) in [6, 6.07) is 12.2. The minimum atomic E-state index is 0.0525. The number of thiazole rings is 1. The molecule has 1 fully saturated rings. The van der Waals surface area contributed by atoms with Gasteiger partial charge < -0.3 is 9.42 Å². The second-order valence-electron chi connectivity index (χ2n) is 8.47. The minimum absolute atomic E-state index is 0.0525. The van der Waals surface area contributed by atoms with Gasteiger partial charge in [0.25, 0.3) is 0 Å². The first-order chi connectivity index (χ1) is 16.0. The van der Waals surface area contributed by atoms with Crippen LogP contribution in [0.15, 0.2) is 47.0 Å². The lowest BCUT2D eigenvalue weighted by atomic mass is 10.2. The largest absolute Gasteiger partial charge is 0.360 e. The van der Waals surface area contributed by atoms with Gasteiger partial charge in [0.2, 0.25) is 5.91 Å². The van der Waals surface area contributed by atoms with Gasteiger partial charge in [0, 0.05) is 49.7 Å². The zero-order valence-corrected chi connectivity index (χ0v) is 19.9. The van der Waals surface area contributed by atoms with Gasteiger partial charge in [-0.1, -0.05) is 17.3 Å². The summed E-state index contributed by atoms with van der Waals surface area (Å²) in [6.45, 7) is 9.94. The van der Waals surface area contributed by atoms with Crippen LogP contribution < -0.4 is 0 Å². The van der Waals surface area contributed by atoms with Crippen molar-refractivity contribution in [3.8, 4) is 5.82 Å². The maximum Gasteiger partial charge on any atom is 0.246 e. The van der Waals surface area contributed by atoms with Gasteiger partial charge in [-0.05, 0) is 50.6 Å². The number of amides is 1. The fraction of sp³-hybridized carbons (Fsp3) is 0.320. The summed E-state index contributed by atoms with van der Waals surface area (Å²) in [5.41, 5.74) is 4.16. The molecule has 8 heteroatoms. The molecule has 1 saturated heterocycles. The number of carbonyl (C=O) groups excluding carboxylic acids is 1. The van der Waals surface area contributed by atoms with Crippen LogP contribution in [-0.4, -0.2) is 56.6 Å². The van der Waals surface area contributed by atoms with Crippen LogP contribution >= 0.6 is 11.3 Å². The number of rotatable bonds is 5. The third-order valence-electron chi connectivity index (χ3n) is 6.10. The number of fused-ring (bicyclic) bond motifs is 1. The van der Waals surface area contributed by atoms with Crippen molar-refractivity contribution in [2.45, 2.75) is 27.3 Å². The van der Waals surface area contributed by atoms with Gasteiger partial charge in [0.05, 0.1) is 16.8 Å². The van der Waals surface area contributed by atoms with E-state index in [0.717, 1.165) is 71.8 Å². The average molecular weight is 462 g/mol. The molecule has 0 N–H and O–H groups in total. The molecule has 4 heterocycles. The molecule has 4 aromatic rings. The van der Waals surface area contributed by atoms with E-state index in [2.05, 4.69) is 34.3 Å². The Labute approximate surface area is 196 Å². The van der Waals surface area contributed by atoms with Crippen molar-refractivity contribution in [3.05, 3.63) is 70.2 Å². The number of benzene rings is 1. The molecule has 1 aliphatic heterocycles. The standard InChI is InChI=1S/C25H27N5O2S/c1-17-14-20(19(3)30(17)23-15-18(2)32-27-23)8-9-25(31)29-12-10-28(11-13-29)16-24-26-21-6-4-5-7-22(21)33-24/h4-9,14-15H,10-13,16H2,1-3H3. The molecule has 0 saturated carbocycles. The maximum absolute atomic E-state index is 12.8. The number of carbonyl (C=O) groups is 1. The van der Waals surface area contributed by atoms with Crippen molar-refractivity contribution >= 4 is 33.5 Å². The summed E-state index contributed by atoms with van der Waals surface area (Å²) < 4.78 is 8.49. The van der Waals surface area contributed by atoms with E-state index in [1.54, 1.807) is 17.4 Å². The lowest BCUT2D eigenvalue weighted by molar-refractivity contribution is -0.127. The number of aromatic nitrogens is 3. The molecule has 1 aromatic carbocycles. The Morgan fingerprint density at radius 3 is 2.64 bits per heavy atom. The first-order valence-corrected chi connectivity index (χ1v) is 12.0. The second kappa shape index (κ2) is 8.96. The monoisotopic (exact) mass is 461 g/mol. The Morgan fingerprint density at radius 1 is 1.12 bits per heavy atom. The average Bonchev–Trinajstić information content (AvgIpc) is 3.49. The van der Waals surface area contributed by atoms with E-state index < -0.39 is 0 Å². The lowest BCUT2D eigenvalue weighted by Crippen LogP contribution is -2.47. The zero-order chi connectivity index (χ0) is 22.9. The number of aryl methyl sites for hydroxylation is 2. The van der Waals surface area contributed by atoms with Crippen LogP contribution in [0.5, 0.6) is 0 Å². The first-order valence-electron chi connectivity index (χ1n) is 11.1. The molecular weight excluding hydrogens is 434 g/mol. The molecule has 0 aliphatic carbocycles. The topological polar surface area (TPSA) is 67.4 Å². The van der Waals surface area contributed by atoms with Gasteiger partial charge in [-0.2, -0.15) is 0 Å². The van der Waals surface area contributed by atoms with Gasteiger partial charge in [-0.3, -0.25) is 14.3 Å². The molecule has 33 heavy (non-hydrogen) atoms. The van der Waals surface area contributed by atoms with Crippen molar-refractivity contribution in [3.63, 3.8) is 0 Å². The molecule has 5 rings (SSSR count). The van der Waals surface area contributed by atoms with E-state index >= 15 is 0 Å². The molecule has 0 radical (unpaired) electrons. The Hall–Kier alpha value is -3.23. The van der Waals surface area contributed by atoms with Crippen LogP contribution in [0.4, 0.5) is 0 Å². The summed E-state index contributed by atoms with van der Waals surface area (Å²) in [5.74, 6) is 1.58. The first kappa shape index (κ1) is 21.6. The Kier molecular flexibility index (Phi) is 5.86. The van der Waals surface area contributed by atoms with Crippen molar-refractivity contribution in [1.29, 1.82) is 0 Å². The highest BCUT2D eigenvalue weighted by Gasteiger charge is 2.21. The van der Waals surface area contributed by atoms with Crippen molar-refractivity contribution in [2.75, 3.05) is 26.2 Å². The van der Waals surface area contributed by atoms with Crippen LogP contribution in [0.2, 0.25) is 0 Å². The Balaban J connectivity index is 1.19. The molecule has 7 nitrogen and oxygen atoms in total. The molecule has 1 amide bonds. The minimum Gasteiger partial charge on any atom is -0.360 e. The highest BCUT2D eigenvalue weighted by Crippen LogP contribution is 2.24. The van der Waals surface area contributed by atoms with Crippen molar-refractivity contribution in [2.24, 2.45) is 0 Å². The van der Waals surface area contributed by atoms with Gasteiger partial charge in [0.1, 0.15) is 10.8 Å². The smallest absolute Gasteiger partial charge is 0.246 e. The molecule has 170 valence electrons. The van der Waals surface area contributed by atoms with Gasteiger partial charge in [0.15, 0.2) is 5.82 Å². The maximum atomic E-state index is 12.8. The van der Waals surface area contributed by atoms with Gasteiger partial charge in [-0.15, -0.1) is 11.3 Å². The lowest BCUT2D eigenvalue weighted by Gasteiger charge is -2.33. The van der Waals surface area contributed by atoms with Crippen molar-refractivity contribution < 1.29 is 9.32 Å². The third-order valence-corrected chi connectivity index (χ3v) is 7.12. The number of para-hydroxylation sites is 1. The van der Waals surface area contributed by atoms with Gasteiger partial charge >= 0.3 is 0 Å². The quantitative estimate of drug-likeness (QED) is 0.413. The highest BCUT2D eigenvalue weighted by atomic mass is 32.1. The molecular formula is C25H27N5O2S. The summed E-state index contributed by atoms with van der Waals surface area (Å²) >= 11 is 1.75. The summed E-state index contributed by atoms with van der Waals surface area (Å²) in [5, 5.41) is 5.25. The summed E-state index contributed by atoms with van der Waals surface area (Å²) in [6.07, 6.45) is 3.59. The second-order valence-corrected chi connectivity index (χ2v) is 9.58. The number of piperazine rings is 1. The van der Waals surface area contributed by atoms with E-state index in [1.807, 2.05) is 48.4 Å². The molecule has 3 aromatic heterocycles. The third kappa shape index (κ3) is 4.49. The molecule has 0 atom stereocenters. The molecule has 0 spiro atoms. The van der Waals surface area contributed by atoms with Gasteiger partial charge in [-0.25, -0.2) is 4.98 Å². The van der Waals surface area contributed by atoms with Crippen LogP contribution in [0, 0.1) is 20.8 Å². The fourth-order valence-corrected chi connectivity index (χ4v) is 5.35. The Morgan fingerprint density at radius 2 is 1.91 bits per heavy atom. The van der Waals surface area contributed by atoms with Crippen LogP contribution in [0.3, 0.4) is 0 Å². The SMILES string of the molecule is Cc1cc(-n2c(C)cc(C=CC(=O)N3CCN(Cc4nc5ccccc5s4)CC3)c2C)no1. The number of nitrogens with zero attached hydrogens (tertiary/aromatic N) is 5. The molecule has 1 aliphatic rings. The van der Waals surface area contributed by atoms with E-state index in [9.17, 15) is 4.79 Å². The number of hydrogen-bond acceptors (Lipinski definition) is 6. The van der Waals surface area contributed by atoms with Crippen molar-refractivity contribution in [1.82, 2.24) is 24.5 Å². The predicted molar refractivity (Wildman–Crippen MR) is 131 cm³/mol. The Bertz CT molecular complexity index is 1290. The van der Waals surface area contributed by atoms with E-state index in [4.69, 9.17) is 9.51 Å². The number of hydrogen-bond donors (Lipinski definition) is 0. The van der Waals surface area contributed by atoms with E-state index in [0.29, 0.717) is 0 Å². The predicted octanol–water partition coefficient (Wildman–Crippen LogP) is 4.36. The summed E-state index contributed by atoms with van der Waals surface area (Å²) in [7, 11) is 0. The zero-order valence-electron chi connectivity index (χ0n) is 19.1.